The summed E-state index contributed by atoms with van der Waals surface area (Å²) >= 11 is 0. The molecule has 0 fully saturated rings. The molecule has 4 heteroatoms. The number of hydrogen-bond acceptors (Lipinski definition) is 0. The first-order valence-corrected chi connectivity index (χ1v) is 0. The maximum Gasteiger partial charge on any atom is 0 e. The summed E-state index contributed by atoms with van der Waals surface area (Å²) < 4.78 is 0. The van der Waals surface area contributed by atoms with E-state index in [9.17, 15) is 0 Å². The minimum absolute atomic E-state index is 0. The molecule has 0 N–H and O–H groups in total. The van der Waals surface area contributed by atoms with Crippen molar-refractivity contribution >= 4 is 50.9 Å². The predicted molar refractivity (Wildman–Crippen MR) is 31.0 cm³/mol. The van der Waals surface area contributed by atoms with Gasteiger partial charge in [0.15, 0.2) is 0 Å². The molecule has 0 aromatic rings. The Morgan fingerprint density at radius 1 is 0.500 bits per heavy atom. The van der Waals surface area contributed by atoms with Crippen molar-refractivity contribution in [1.82, 2.24) is 0 Å². The summed E-state index contributed by atoms with van der Waals surface area (Å²) in [6.07, 6.45) is 0. The van der Waals surface area contributed by atoms with E-state index in [2.05, 4.69) is 0 Å². The van der Waals surface area contributed by atoms with Gasteiger partial charge in [-0.1, -0.05) is 0 Å². The molecule has 1 radical (unpaired) electrons. The Balaban J connectivity index is 0. The van der Waals surface area contributed by atoms with Crippen molar-refractivity contribution in [3.63, 3.8) is 0 Å². The first-order chi connectivity index (χ1) is 0. The summed E-state index contributed by atoms with van der Waals surface area (Å²) in [5.41, 5.74) is 0. The van der Waals surface area contributed by atoms with Crippen LogP contribution in [0.15, 0.2) is 0 Å². The van der Waals surface area contributed by atoms with Crippen LogP contribution in [0.1, 0.15) is 0 Å². The van der Waals surface area contributed by atoms with Gasteiger partial charge in [0.2, 0.25) is 0 Å². The Labute approximate surface area is 85.0 Å². The molecule has 0 unspecified atom stereocenters. The standard InChI is InChI=1S/3BrH.La/h3*1H;. The van der Waals surface area contributed by atoms with Crippen molar-refractivity contribution in [2.75, 3.05) is 0 Å². The maximum atomic E-state index is 0. The Bertz CT molecular complexity index is 3.25. The van der Waals surface area contributed by atoms with Crippen molar-refractivity contribution in [3.8, 4) is 0 Å². The van der Waals surface area contributed by atoms with Gasteiger partial charge in [-0.05, 0) is 0 Å². The molecule has 0 saturated heterocycles. The molecule has 27 valence electrons. The van der Waals surface area contributed by atoms with E-state index in [1.54, 1.807) is 0 Å². The molecule has 0 amide bonds. The van der Waals surface area contributed by atoms with E-state index in [0.717, 1.165) is 0 Å². The zero-order valence-electron chi connectivity index (χ0n) is 1.80. The van der Waals surface area contributed by atoms with Gasteiger partial charge in [0.1, 0.15) is 0 Å². The summed E-state index contributed by atoms with van der Waals surface area (Å²) in [6.45, 7) is 0. The Kier molecular flexibility index (Phi) is 132. The van der Waals surface area contributed by atoms with Crippen LogP contribution >= 0.6 is 50.9 Å². The first-order valence-electron chi connectivity index (χ1n) is 0. The third kappa shape index (κ3) is 8.82. The predicted octanol–water partition coefficient (Wildman–Crippen LogP) is 1.73. The molecule has 0 spiro atoms. The van der Waals surface area contributed by atoms with Crippen molar-refractivity contribution in [2.45, 2.75) is 0 Å². The fourth-order valence-electron chi connectivity index (χ4n) is 0. The van der Waals surface area contributed by atoms with Crippen molar-refractivity contribution < 1.29 is 35.6 Å². The van der Waals surface area contributed by atoms with Gasteiger partial charge in [-0.2, -0.15) is 0 Å². The average molecular weight is 382 g/mol. The monoisotopic (exact) mass is 379 g/mol. The quantitative estimate of drug-likeness (QED) is 0.600. The molecule has 4 heavy (non-hydrogen) atoms. The second-order valence-corrected chi connectivity index (χ2v) is 0. The van der Waals surface area contributed by atoms with Crippen LogP contribution in [-0.2, 0) is 0 Å². The van der Waals surface area contributed by atoms with E-state index in [4.69, 9.17) is 0 Å². The molecule has 0 saturated carbocycles. The van der Waals surface area contributed by atoms with Crippen LogP contribution in [0.5, 0.6) is 0 Å². The van der Waals surface area contributed by atoms with Crippen LogP contribution in [-0.4, -0.2) is 0 Å². The van der Waals surface area contributed by atoms with E-state index in [0.29, 0.717) is 0 Å². The molecule has 0 aliphatic carbocycles. The zero-order valence-corrected chi connectivity index (χ0v) is 10.6. The normalized spacial score (nSPS) is 0. The van der Waals surface area contributed by atoms with Crippen molar-refractivity contribution in [2.24, 2.45) is 0 Å². The average Bonchev–Trinajstić information content (AvgIpc) is 0. The summed E-state index contributed by atoms with van der Waals surface area (Å²) in [5, 5.41) is 0. The molecule has 0 aliphatic heterocycles. The molecule has 0 nitrogen and oxygen atoms in total. The van der Waals surface area contributed by atoms with Gasteiger partial charge < -0.3 is 0 Å². The van der Waals surface area contributed by atoms with Crippen LogP contribution in [0, 0.1) is 35.6 Å². The van der Waals surface area contributed by atoms with Crippen LogP contribution in [0.3, 0.4) is 0 Å². The molecule has 0 aromatic carbocycles. The molecule has 0 aromatic heterocycles. The number of halogens is 3. The fraction of sp³-hybridized carbons (Fsp3) is 0. The minimum Gasteiger partial charge on any atom is -0.114 e. The Morgan fingerprint density at radius 3 is 0.500 bits per heavy atom. The third-order valence-corrected chi connectivity index (χ3v) is 0. The Hall–Kier alpha value is 2.63. The van der Waals surface area contributed by atoms with Crippen molar-refractivity contribution in [3.05, 3.63) is 0 Å². The van der Waals surface area contributed by atoms with Gasteiger partial charge >= 0.3 is 0 Å². The van der Waals surface area contributed by atoms with Crippen molar-refractivity contribution in [1.29, 1.82) is 0 Å². The van der Waals surface area contributed by atoms with E-state index >= 15 is 0 Å². The molecule has 0 atom stereocenters. The summed E-state index contributed by atoms with van der Waals surface area (Å²) in [6, 6.07) is 0. The van der Waals surface area contributed by atoms with Crippen LogP contribution in [0.2, 0.25) is 0 Å². The first kappa shape index (κ1) is 30.3. The van der Waals surface area contributed by atoms with E-state index in [-0.39, 0.29) is 86.5 Å². The summed E-state index contributed by atoms with van der Waals surface area (Å²) in [5.74, 6) is 0. The van der Waals surface area contributed by atoms with E-state index in [1.165, 1.54) is 0 Å². The molecule has 0 aliphatic rings. The van der Waals surface area contributed by atoms with Crippen LogP contribution < -0.4 is 0 Å². The maximum absolute atomic E-state index is 0. The van der Waals surface area contributed by atoms with Crippen LogP contribution in [0.25, 0.3) is 0 Å². The second-order valence-electron chi connectivity index (χ2n) is 0. The topological polar surface area (TPSA) is 0 Å². The molecular weight excluding hydrogens is 379 g/mol. The molecule has 0 rings (SSSR count). The van der Waals surface area contributed by atoms with Crippen LogP contribution in [0.4, 0.5) is 0 Å². The number of hydrogen-bond donors (Lipinski definition) is 0. The summed E-state index contributed by atoms with van der Waals surface area (Å²) in [7, 11) is 0. The van der Waals surface area contributed by atoms with Gasteiger partial charge in [-0.3, -0.25) is 0 Å². The molecule has 0 bridgehead atoms. The van der Waals surface area contributed by atoms with Gasteiger partial charge in [0.25, 0.3) is 0 Å². The summed E-state index contributed by atoms with van der Waals surface area (Å²) in [4.78, 5) is 0. The minimum atomic E-state index is 0. The van der Waals surface area contributed by atoms with E-state index < -0.39 is 0 Å². The van der Waals surface area contributed by atoms with Gasteiger partial charge in [-0.15, -0.1) is 50.9 Å². The fourth-order valence-corrected chi connectivity index (χ4v) is 0. The second kappa shape index (κ2) is 17.4. The van der Waals surface area contributed by atoms with Gasteiger partial charge in [0.05, 0.1) is 0 Å². The molecular formula is H3Br3La. The third-order valence-electron chi connectivity index (χ3n) is 0. The van der Waals surface area contributed by atoms with E-state index in [1.807, 2.05) is 0 Å². The molecule has 0 heterocycles. The number of rotatable bonds is 0. The van der Waals surface area contributed by atoms with Gasteiger partial charge in [0, 0.05) is 35.6 Å². The SMILES string of the molecule is Br.Br.Br.[La]. The largest absolute Gasteiger partial charge is 0.114 e. The smallest absolute Gasteiger partial charge is 0 e. The van der Waals surface area contributed by atoms with Gasteiger partial charge in [-0.25, -0.2) is 0 Å². The Morgan fingerprint density at radius 2 is 0.500 bits per heavy atom. The zero-order chi connectivity index (χ0) is 0.